The van der Waals surface area contributed by atoms with Crippen LogP contribution in [0, 0.1) is 5.92 Å². The van der Waals surface area contributed by atoms with Crippen LogP contribution in [0.5, 0.6) is 11.5 Å². The van der Waals surface area contributed by atoms with E-state index in [4.69, 9.17) is 26.2 Å². The number of aromatic carboxylic acids is 1. The van der Waals surface area contributed by atoms with Gasteiger partial charge in [0.25, 0.3) is 0 Å². The van der Waals surface area contributed by atoms with E-state index in [1.165, 1.54) is 23.6 Å². The Balaban J connectivity index is 1.97. The van der Waals surface area contributed by atoms with Gasteiger partial charge >= 0.3 is 5.97 Å². The number of methoxy groups -OCH3 is 1. The van der Waals surface area contributed by atoms with E-state index in [9.17, 15) is 4.79 Å². The van der Waals surface area contributed by atoms with E-state index in [1.54, 1.807) is 26.3 Å². The van der Waals surface area contributed by atoms with Crippen molar-refractivity contribution >= 4 is 17.6 Å². The summed E-state index contributed by atoms with van der Waals surface area (Å²) in [6.07, 6.45) is 2.39. The fourth-order valence-corrected chi connectivity index (χ4v) is 2.57. The number of carboxylic acids is 1. The summed E-state index contributed by atoms with van der Waals surface area (Å²) in [7, 11) is 3.23. The molecule has 0 aliphatic heterocycles. The zero-order valence-electron chi connectivity index (χ0n) is 12.9. The van der Waals surface area contributed by atoms with Crippen molar-refractivity contribution in [3.05, 3.63) is 28.9 Å². The molecule has 1 aliphatic carbocycles. The standard InChI is InChI=1S/C16H17ClN2O4/c1-19-13(7-12(18-19)16(20)21)10-5-14(22-2)15(6-11(10)17)23-8-9-3-4-9/h5-7,9H,3-4,8H2,1-2H3,(H,20,21). The Morgan fingerprint density at radius 1 is 1.39 bits per heavy atom. The van der Waals surface area contributed by atoms with E-state index in [1.807, 2.05) is 0 Å². The molecule has 2 aromatic rings. The summed E-state index contributed by atoms with van der Waals surface area (Å²) in [5, 5.41) is 13.5. The first-order valence-corrected chi connectivity index (χ1v) is 7.65. The highest BCUT2D eigenvalue weighted by Gasteiger charge is 2.23. The Hall–Kier alpha value is -2.21. The van der Waals surface area contributed by atoms with Crippen molar-refractivity contribution in [1.29, 1.82) is 0 Å². The molecule has 1 heterocycles. The molecule has 1 fully saturated rings. The minimum absolute atomic E-state index is 0.0356. The van der Waals surface area contributed by atoms with Crippen LogP contribution in [0.3, 0.4) is 0 Å². The normalized spacial score (nSPS) is 13.9. The Morgan fingerprint density at radius 3 is 2.70 bits per heavy atom. The zero-order chi connectivity index (χ0) is 16.6. The van der Waals surface area contributed by atoms with Crippen LogP contribution in [0.2, 0.25) is 5.02 Å². The molecule has 0 spiro atoms. The molecule has 0 atom stereocenters. The third-order valence-corrected chi connectivity index (χ3v) is 4.11. The quantitative estimate of drug-likeness (QED) is 0.876. The maximum absolute atomic E-state index is 11.1. The fraction of sp³-hybridized carbons (Fsp3) is 0.375. The molecule has 0 amide bonds. The molecule has 122 valence electrons. The minimum atomic E-state index is -1.08. The molecule has 0 saturated heterocycles. The van der Waals surface area contributed by atoms with Gasteiger partial charge in [-0.2, -0.15) is 5.10 Å². The molecule has 6 nitrogen and oxygen atoms in total. The van der Waals surface area contributed by atoms with Crippen molar-refractivity contribution in [2.24, 2.45) is 13.0 Å². The van der Waals surface area contributed by atoms with Gasteiger partial charge in [0.2, 0.25) is 0 Å². The van der Waals surface area contributed by atoms with E-state index in [0.29, 0.717) is 40.3 Å². The lowest BCUT2D eigenvalue weighted by molar-refractivity contribution is 0.0689. The number of benzene rings is 1. The lowest BCUT2D eigenvalue weighted by Gasteiger charge is -2.13. The average molecular weight is 337 g/mol. The van der Waals surface area contributed by atoms with Crippen LogP contribution < -0.4 is 9.47 Å². The summed E-state index contributed by atoms with van der Waals surface area (Å²) in [6.45, 7) is 0.654. The van der Waals surface area contributed by atoms with Crippen molar-refractivity contribution in [3.8, 4) is 22.8 Å². The minimum Gasteiger partial charge on any atom is -0.493 e. The highest BCUT2D eigenvalue weighted by molar-refractivity contribution is 6.33. The number of carbonyl (C=O) groups is 1. The molecule has 1 N–H and O–H groups in total. The molecule has 1 aromatic heterocycles. The van der Waals surface area contributed by atoms with Crippen LogP contribution in [0.25, 0.3) is 11.3 Å². The predicted octanol–water partition coefficient (Wildman–Crippen LogP) is 3.24. The first-order valence-electron chi connectivity index (χ1n) is 7.27. The molecule has 1 saturated carbocycles. The Kier molecular flexibility index (Phi) is 4.17. The molecule has 0 bridgehead atoms. The second-order valence-corrected chi connectivity index (χ2v) is 5.99. The summed E-state index contributed by atoms with van der Waals surface area (Å²) in [4.78, 5) is 11.1. The van der Waals surface area contributed by atoms with E-state index < -0.39 is 5.97 Å². The van der Waals surface area contributed by atoms with Crippen molar-refractivity contribution in [2.75, 3.05) is 13.7 Å². The number of aryl methyl sites for hydroxylation is 1. The van der Waals surface area contributed by atoms with Crippen LogP contribution in [0.4, 0.5) is 0 Å². The van der Waals surface area contributed by atoms with E-state index >= 15 is 0 Å². The lowest BCUT2D eigenvalue weighted by atomic mass is 10.1. The first kappa shape index (κ1) is 15.7. The number of hydrogen-bond acceptors (Lipinski definition) is 4. The highest BCUT2D eigenvalue weighted by Crippen LogP contribution is 2.39. The Bertz CT molecular complexity index is 753. The predicted molar refractivity (Wildman–Crippen MR) is 85.4 cm³/mol. The maximum atomic E-state index is 11.1. The van der Waals surface area contributed by atoms with Crippen LogP contribution in [-0.4, -0.2) is 34.6 Å². The van der Waals surface area contributed by atoms with Crippen molar-refractivity contribution in [2.45, 2.75) is 12.8 Å². The lowest BCUT2D eigenvalue weighted by Crippen LogP contribution is -2.02. The number of carboxylic acid groups (broad SMARTS) is 1. The molecule has 0 unspecified atom stereocenters. The van der Waals surface area contributed by atoms with Gasteiger partial charge in [-0.1, -0.05) is 11.6 Å². The number of nitrogens with zero attached hydrogens (tertiary/aromatic N) is 2. The van der Waals surface area contributed by atoms with Crippen LogP contribution in [-0.2, 0) is 7.05 Å². The number of ether oxygens (including phenoxy) is 2. The Labute approximate surface area is 138 Å². The molecule has 0 radical (unpaired) electrons. The van der Waals surface area contributed by atoms with E-state index in [-0.39, 0.29) is 5.69 Å². The topological polar surface area (TPSA) is 73.6 Å². The third-order valence-electron chi connectivity index (χ3n) is 3.80. The van der Waals surface area contributed by atoms with Gasteiger partial charge in [-0.15, -0.1) is 0 Å². The van der Waals surface area contributed by atoms with Crippen molar-refractivity contribution in [3.63, 3.8) is 0 Å². The summed E-state index contributed by atoms with van der Waals surface area (Å²) >= 11 is 6.36. The second kappa shape index (κ2) is 6.12. The van der Waals surface area contributed by atoms with Gasteiger partial charge in [0, 0.05) is 18.7 Å². The van der Waals surface area contributed by atoms with Crippen molar-refractivity contribution in [1.82, 2.24) is 9.78 Å². The number of hydrogen-bond donors (Lipinski definition) is 1. The molecular weight excluding hydrogens is 320 g/mol. The van der Waals surface area contributed by atoms with Gasteiger partial charge in [0.05, 0.1) is 24.4 Å². The average Bonchev–Trinajstić information content (AvgIpc) is 3.26. The van der Waals surface area contributed by atoms with Gasteiger partial charge in [-0.05, 0) is 30.9 Å². The summed E-state index contributed by atoms with van der Waals surface area (Å²) in [5.41, 5.74) is 1.20. The molecule has 23 heavy (non-hydrogen) atoms. The molecule has 3 rings (SSSR count). The monoisotopic (exact) mass is 336 g/mol. The van der Waals surface area contributed by atoms with Crippen molar-refractivity contribution < 1.29 is 19.4 Å². The summed E-state index contributed by atoms with van der Waals surface area (Å²) in [6, 6.07) is 4.92. The fourth-order valence-electron chi connectivity index (χ4n) is 2.32. The molecule has 7 heteroatoms. The molecule has 1 aliphatic rings. The highest BCUT2D eigenvalue weighted by atomic mass is 35.5. The number of rotatable bonds is 6. The van der Waals surface area contributed by atoms with E-state index in [2.05, 4.69) is 5.10 Å². The molecular formula is C16H17ClN2O4. The largest absolute Gasteiger partial charge is 0.493 e. The van der Waals surface area contributed by atoms with Crippen LogP contribution in [0.15, 0.2) is 18.2 Å². The molecule has 1 aromatic carbocycles. The van der Waals surface area contributed by atoms with E-state index in [0.717, 1.165) is 0 Å². The SMILES string of the molecule is COc1cc(-c2cc(C(=O)O)nn2C)c(Cl)cc1OCC1CC1. The van der Waals surface area contributed by atoms with Gasteiger partial charge in [0.15, 0.2) is 17.2 Å². The van der Waals surface area contributed by atoms with Gasteiger partial charge in [-0.3, -0.25) is 4.68 Å². The third kappa shape index (κ3) is 3.27. The Morgan fingerprint density at radius 2 is 2.13 bits per heavy atom. The maximum Gasteiger partial charge on any atom is 0.356 e. The number of aromatic nitrogens is 2. The van der Waals surface area contributed by atoms with Gasteiger partial charge in [0.1, 0.15) is 0 Å². The summed E-state index contributed by atoms with van der Waals surface area (Å²) < 4.78 is 12.6. The smallest absolute Gasteiger partial charge is 0.356 e. The number of halogens is 1. The van der Waals surface area contributed by atoms with Crippen LogP contribution in [0.1, 0.15) is 23.3 Å². The second-order valence-electron chi connectivity index (χ2n) is 5.58. The van der Waals surface area contributed by atoms with Gasteiger partial charge < -0.3 is 14.6 Å². The zero-order valence-corrected chi connectivity index (χ0v) is 13.6. The van der Waals surface area contributed by atoms with Crippen LogP contribution >= 0.6 is 11.6 Å². The summed E-state index contributed by atoms with van der Waals surface area (Å²) in [5.74, 6) is 0.685. The van der Waals surface area contributed by atoms with Gasteiger partial charge in [-0.25, -0.2) is 4.79 Å². The first-order chi connectivity index (χ1) is 11.0.